The summed E-state index contributed by atoms with van der Waals surface area (Å²) in [6.07, 6.45) is -0.247. The van der Waals surface area contributed by atoms with Gasteiger partial charge in [0.25, 0.3) is 0 Å². The lowest BCUT2D eigenvalue weighted by Crippen LogP contribution is -2.50. The topological polar surface area (TPSA) is 75.8 Å². The van der Waals surface area contributed by atoms with E-state index in [1.54, 1.807) is 4.90 Å². The van der Waals surface area contributed by atoms with Crippen LogP contribution in [0.5, 0.6) is 0 Å². The Hall–Kier alpha value is -0.650. The number of carbonyl (C=O) groups is 1. The molecule has 0 bridgehead atoms. The highest BCUT2D eigenvalue weighted by Gasteiger charge is 2.28. The lowest BCUT2D eigenvalue weighted by atomic mass is 10.0. The molecule has 3 atom stereocenters. The average Bonchev–Trinajstić information content (AvgIpc) is 2.27. The highest BCUT2D eigenvalue weighted by atomic mass is 16.5. The molecule has 0 saturated carbocycles. The minimum absolute atomic E-state index is 0.0453. The Morgan fingerprint density at radius 3 is 2.87 bits per heavy atom. The fraction of sp³-hybridized carbons (Fsp3) is 0.900. The molecule has 1 saturated heterocycles. The van der Waals surface area contributed by atoms with Crippen LogP contribution in [0.4, 0.5) is 0 Å². The first-order valence-corrected chi connectivity index (χ1v) is 5.33. The van der Waals surface area contributed by atoms with E-state index in [1.165, 1.54) is 0 Å². The van der Waals surface area contributed by atoms with Crippen molar-refractivity contribution in [1.29, 1.82) is 0 Å². The Kier molecular flexibility index (Phi) is 4.50. The maximum atomic E-state index is 11.9. The molecule has 15 heavy (non-hydrogen) atoms. The van der Waals surface area contributed by atoms with Crippen LogP contribution in [0.2, 0.25) is 0 Å². The van der Waals surface area contributed by atoms with Gasteiger partial charge in [-0.15, -0.1) is 0 Å². The Bertz CT molecular complexity index is 221. The van der Waals surface area contributed by atoms with Crippen molar-refractivity contribution in [1.82, 2.24) is 4.90 Å². The van der Waals surface area contributed by atoms with Crippen LogP contribution < -0.4 is 5.73 Å². The van der Waals surface area contributed by atoms with Gasteiger partial charge in [0.1, 0.15) is 0 Å². The molecule has 1 fully saturated rings. The third-order valence-electron chi connectivity index (χ3n) is 2.83. The van der Waals surface area contributed by atoms with E-state index in [2.05, 4.69) is 0 Å². The van der Waals surface area contributed by atoms with Crippen LogP contribution in [0.3, 0.4) is 0 Å². The third-order valence-corrected chi connectivity index (χ3v) is 2.83. The second kappa shape index (κ2) is 5.44. The molecule has 0 radical (unpaired) electrons. The molecule has 0 spiro atoms. The number of rotatable bonds is 3. The molecule has 1 heterocycles. The normalized spacial score (nSPS) is 26.1. The molecule has 5 nitrogen and oxygen atoms in total. The first kappa shape index (κ1) is 12.4. The highest BCUT2D eigenvalue weighted by molar-refractivity contribution is 5.79. The lowest BCUT2D eigenvalue weighted by Gasteiger charge is -2.34. The molecule has 0 aromatic heterocycles. The van der Waals surface area contributed by atoms with Gasteiger partial charge >= 0.3 is 0 Å². The summed E-state index contributed by atoms with van der Waals surface area (Å²) in [6.45, 7) is 5.15. The first-order valence-electron chi connectivity index (χ1n) is 5.33. The predicted molar refractivity (Wildman–Crippen MR) is 56.2 cm³/mol. The van der Waals surface area contributed by atoms with Gasteiger partial charge in [-0.3, -0.25) is 4.79 Å². The fourth-order valence-corrected chi connectivity index (χ4v) is 1.54. The number of hydrogen-bond donors (Lipinski definition) is 2. The van der Waals surface area contributed by atoms with Gasteiger partial charge in [0.05, 0.1) is 25.2 Å². The molecule has 1 amide bonds. The lowest BCUT2D eigenvalue weighted by molar-refractivity contribution is -0.144. The Labute approximate surface area is 90.2 Å². The fourth-order valence-electron chi connectivity index (χ4n) is 1.54. The second-order valence-corrected chi connectivity index (χ2v) is 4.11. The van der Waals surface area contributed by atoms with Gasteiger partial charge in [0, 0.05) is 19.1 Å². The van der Waals surface area contributed by atoms with Crippen LogP contribution in [-0.4, -0.2) is 54.4 Å². The molecule has 0 aromatic carbocycles. The first-order chi connectivity index (χ1) is 7.06. The molecule has 3 unspecified atom stereocenters. The average molecular weight is 216 g/mol. The van der Waals surface area contributed by atoms with Crippen LogP contribution in [0.25, 0.3) is 0 Å². The van der Waals surface area contributed by atoms with Gasteiger partial charge in [-0.2, -0.15) is 0 Å². The van der Waals surface area contributed by atoms with Crippen molar-refractivity contribution >= 4 is 5.91 Å². The number of aliphatic hydroxyl groups excluding tert-OH is 1. The predicted octanol–water partition coefficient (Wildman–Crippen LogP) is -0.811. The van der Waals surface area contributed by atoms with E-state index in [0.717, 1.165) is 0 Å². The minimum Gasteiger partial charge on any atom is -0.394 e. The van der Waals surface area contributed by atoms with E-state index in [0.29, 0.717) is 19.7 Å². The number of hydrogen-bond acceptors (Lipinski definition) is 4. The van der Waals surface area contributed by atoms with Crippen LogP contribution in [-0.2, 0) is 9.53 Å². The molecule has 1 rings (SSSR count). The maximum Gasteiger partial charge on any atom is 0.227 e. The summed E-state index contributed by atoms with van der Waals surface area (Å²) in [5, 5.41) is 8.95. The van der Waals surface area contributed by atoms with Crippen molar-refractivity contribution in [3.8, 4) is 0 Å². The molecular formula is C10H20N2O3. The summed E-state index contributed by atoms with van der Waals surface area (Å²) in [5.41, 5.74) is 5.68. The molecule has 3 N–H and O–H groups in total. The molecule has 1 aliphatic rings. The Morgan fingerprint density at radius 2 is 2.33 bits per heavy atom. The van der Waals surface area contributed by atoms with E-state index in [1.807, 2.05) is 13.8 Å². The van der Waals surface area contributed by atoms with E-state index in [9.17, 15) is 4.79 Å². The van der Waals surface area contributed by atoms with Crippen molar-refractivity contribution in [3.05, 3.63) is 0 Å². The smallest absolute Gasteiger partial charge is 0.227 e. The van der Waals surface area contributed by atoms with Crippen molar-refractivity contribution in [2.45, 2.75) is 26.0 Å². The zero-order valence-electron chi connectivity index (χ0n) is 9.35. The van der Waals surface area contributed by atoms with Crippen LogP contribution >= 0.6 is 0 Å². The van der Waals surface area contributed by atoms with Crippen molar-refractivity contribution in [3.63, 3.8) is 0 Å². The van der Waals surface area contributed by atoms with Crippen LogP contribution in [0.15, 0.2) is 0 Å². The zero-order valence-corrected chi connectivity index (χ0v) is 9.35. The standard InChI is InChI=1S/C10H20N2O3/c1-7(8(2)11)10(14)12-3-4-15-9(5-12)6-13/h7-9,13H,3-6,11H2,1-2H3. The summed E-state index contributed by atoms with van der Waals surface area (Å²) in [5.74, 6) is -0.130. The monoisotopic (exact) mass is 216 g/mol. The number of carbonyl (C=O) groups excluding carboxylic acids is 1. The van der Waals surface area contributed by atoms with E-state index < -0.39 is 0 Å². The number of nitrogens with two attached hydrogens (primary N) is 1. The molecule has 1 aliphatic heterocycles. The molecule has 0 aliphatic carbocycles. The number of ether oxygens (including phenoxy) is 1. The van der Waals surface area contributed by atoms with Gasteiger partial charge < -0.3 is 20.5 Å². The number of morpholine rings is 1. The van der Waals surface area contributed by atoms with E-state index in [4.69, 9.17) is 15.6 Å². The number of aliphatic hydroxyl groups is 1. The Morgan fingerprint density at radius 1 is 1.67 bits per heavy atom. The molecule has 5 heteroatoms. The van der Waals surface area contributed by atoms with Gasteiger partial charge in [-0.25, -0.2) is 0 Å². The van der Waals surface area contributed by atoms with Gasteiger partial charge in [0.15, 0.2) is 0 Å². The van der Waals surface area contributed by atoms with Gasteiger partial charge in [-0.05, 0) is 6.92 Å². The SMILES string of the molecule is CC(N)C(C)C(=O)N1CCOC(CO)C1. The van der Waals surface area contributed by atoms with Gasteiger partial charge in [0.2, 0.25) is 5.91 Å². The largest absolute Gasteiger partial charge is 0.394 e. The maximum absolute atomic E-state index is 11.9. The van der Waals surface area contributed by atoms with E-state index in [-0.39, 0.29) is 30.6 Å². The number of amides is 1. The number of nitrogens with zero attached hydrogens (tertiary/aromatic N) is 1. The second-order valence-electron chi connectivity index (χ2n) is 4.11. The van der Waals surface area contributed by atoms with Crippen molar-refractivity contribution in [2.24, 2.45) is 11.7 Å². The van der Waals surface area contributed by atoms with Gasteiger partial charge in [-0.1, -0.05) is 6.92 Å². The van der Waals surface area contributed by atoms with Crippen molar-refractivity contribution in [2.75, 3.05) is 26.3 Å². The highest BCUT2D eigenvalue weighted by Crippen LogP contribution is 2.11. The molecule has 0 aromatic rings. The van der Waals surface area contributed by atoms with E-state index >= 15 is 0 Å². The van der Waals surface area contributed by atoms with Crippen molar-refractivity contribution < 1.29 is 14.6 Å². The minimum atomic E-state index is -0.247. The summed E-state index contributed by atoms with van der Waals surface area (Å²) in [7, 11) is 0. The molecular weight excluding hydrogens is 196 g/mol. The zero-order chi connectivity index (χ0) is 11.4. The summed E-state index contributed by atoms with van der Waals surface area (Å²) >= 11 is 0. The summed E-state index contributed by atoms with van der Waals surface area (Å²) in [4.78, 5) is 13.6. The third kappa shape index (κ3) is 3.15. The summed E-state index contributed by atoms with van der Waals surface area (Å²) < 4.78 is 5.27. The Balaban J connectivity index is 2.52. The molecule has 88 valence electrons. The quantitative estimate of drug-likeness (QED) is 0.647. The summed E-state index contributed by atoms with van der Waals surface area (Å²) in [6, 6.07) is -0.145. The van der Waals surface area contributed by atoms with Crippen LogP contribution in [0.1, 0.15) is 13.8 Å². The van der Waals surface area contributed by atoms with Crippen LogP contribution in [0, 0.1) is 5.92 Å².